The Kier molecular flexibility index (Phi) is 2.65. The minimum Gasteiger partial charge on any atom is -0.401 e. The number of allylic oxidation sites excluding steroid dienone is 4. The molecule has 0 saturated heterocycles. The molecule has 1 atom stereocenters. The van der Waals surface area contributed by atoms with Gasteiger partial charge in [-0.1, -0.05) is 11.6 Å². The third kappa shape index (κ3) is 1.80. The van der Waals surface area contributed by atoms with Crippen LogP contribution in [0.25, 0.3) is 0 Å². The normalized spacial score (nSPS) is 25.0. The SMILES string of the molecule is NNC1=CC(Cl)=C(N)CC1Cl. The summed E-state index contributed by atoms with van der Waals surface area (Å²) in [6, 6.07) is 0. The lowest BCUT2D eigenvalue weighted by molar-refractivity contribution is 0.770. The summed E-state index contributed by atoms with van der Waals surface area (Å²) in [6.45, 7) is 0. The number of halogens is 2. The van der Waals surface area contributed by atoms with Crippen LogP contribution in [0, 0.1) is 0 Å². The van der Waals surface area contributed by atoms with E-state index >= 15 is 0 Å². The Morgan fingerprint density at radius 1 is 1.64 bits per heavy atom. The van der Waals surface area contributed by atoms with Gasteiger partial charge in [0.1, 0.15) is 0 Å². The van der Waals surface area contributed by atoms with Crippen LogP contribution in [-0.4, -0.2) is 5.38 Å². The number of rotatable bonds is 1. The Morgan fingerprint density at radius 3 is 2.82 bits per heavy atom. The molecule has 0 aliphatic heterocycles. The van der Waals surface area contributed by atoms with Crippen molar-refractivity contribution in [2.75, 3.05) is 0 Å². The number of hydrazine groups is 1. The average Bonchev–Trinajstić information content (AvgIpc) is 1.97. The van der Waals surface area contributed by atoms with Gasteiger partial charge in [0.2, 0.25) is 0 Å². The summed E-state index contributed by atoms with van der Waals surface area (Å²) >= 11 is 11.6. The van der Waals surface area contributed by atoms with Gasteiger partial charge in [-0.05, 0) is 6.08 Å². The number of nitrogens with one attached hydrogen (secondary N) is 1. The van der Waals surface area contributed by atoms with Crippen LogP contribution in [-0.2, 0) is 0 Å². The fourth-order valence-electron chi connectivity index (χ4n) is 0.852. The first-order valence-electron chi connectivity index (χ1n) is 3.11. The first kappa shape index (κ1) is 8.71. The molecule has 0 spiro atoms. The van der Waals surface area contributed by atoms with Crippen molar-refractivity contribution in [1.29, 1.82) is 0 Å². The van der Waals surface area contributed by atoms with E-state index in [0.717, 1.165) is 0 Å². The number of hydrogen-bond donors (Lipinski definition) is 3. The Bertz CT molecular complexity index is 222. The van der Waals surface area contributed by atoms with Crippen molar-refractivity contribution in [3.05, 3.63) is 22.5 Å². The summed E-state index contributed by atoms with van der Waals surface area (Å²) < 4.78 is 0. The van der Waals surface area contributed by atoms with Crippen molar-refractivity contribution < 1.29 is 0 Å². The molecule has 0 bridgehead atoms. The van der Waals surface area contributed by atoms with E-state index in [1.165, 1.54) is 0 Å². The van der Waals surface area contributed by atoms with E-state index in [2.05, 4.69) is 5.43 Å². The van der Waals surface area contributed by atoms with Gasteiger partial charge >= 0.3 is 0 Å². The molecule has 0 saturated carbocycles. The Hall–Kier alpha value is -0.380. The summed E-state index contributed by atoms with van der Waals surface area (Å²) in [6.07, 6.45) is 2.18. The summed E-state index contributed by atoms with van der Waals surface area (Å²) in [5, 5.41) is 0.317. The lowest BCUT2D eigenvalue weighted by Gasteiger charge is -2.18. The lowest BCUT2D eigenvalue weighted by atomic mass is 10.1. The highest BCUT2D eigenvalue weighted by Crippen LogP contribution is 2.25. The smallest absolute Gasteiger partial charge is 0.0800 e. The topological polar surface area (TPSA) is 64.1 Å². The summed E-state index contributed by atoms with van der Waals surface area (Å²) in [7, 11) is 0. The molecule has 0 radical (unpaired) electrons. The monoisotopic (exact) mass is 193 g/mol. The molecule has 0 fully saturated rings. The summed E-state index contributed by atoms with van der Waals surface area (Å²) in [5.74, 6) is 5.18. The van der Waals surface area contributed by atoms with Crippen LogP contribution >= 0.6 is 23.2 Å². The fraction of sp³-hybridized carbons (Fsp3) is 0.333. The van der Waals surface area contributed by atoms with Gasteiger partial charge in [0.25, 0.3) is 0 Å². The third-order valence-corrected chi connectivity index (χ3v) is 2.23. The molecule has 0 aromatic heterocycles. The van der Waals surface area contributed by atoms with Gasteiger partial charge in [-0.3, -0.25) is 5.84 Å². The standard InChI is InChI=1S/C6H9Cl2N3/c7-3-2-6(11-10)4(8)1-5(3)9/h2,4,11H,1,9-10H2. The molecule has 0 heterocycles. The average molecular weight is 194 g/mol. The maximum absolute atomic E-state index is 5.86. The van der Waals surface area contributed by atoms with Crippen molar-refractivity contribution in [2.45, 2.75) is 11.8 Å². The predicted molar refractivity (Wildman–Crippen MR) is 46.7 cm³/mol. The van der Waals surface area contributed by atoms with E-state index < -0.39 is 0 Å². The molecular formula is C6H9Cl2N3. The molecule has 1 aliphatic carbocycles. The summed E-state index contributed by atoms with van der Waals surface area (Å²) in [4.78, 5) is 0. The van der Waals surface area contributed by atoms with E-state index in [0.29, 0.717) is 22.8 Å². The van der Waals surface area contributed by atoms with Crippen LogP contribution in [0.5, 0.6) is 0 Å². The van der Waals surface area contributed by atoms with Crippen molar-refractivity contribution in [3.8, 4) is 0 Å². The quantitative estimate of drug-likeness (QED) is 0.328. The molecule has 62 valence electrons. The van der Waals surface area contributed by atoms with Crippen LogP contribution in [0.4, 0.5) is 0 Å². The Morgan fingerprint density at radius 2 is 2.27 bits per heavy atom. The van der Waals surface area contributed by atoms with Crippen LogP contribution in [0.15, 0.2) is 22.5 Å². The number of nitrogens with two attached hydrogens (primary N) is 2. The number of alkyl halides is 1. The van der Waals surface area contributed by atoms with E-state index in [1.54, 1.807) is 6.08 Å². The minimum atomic E-state index is -0.192. The van der Waals surface area contributed by atoms with Gasteiger partial charge in [-0.25, -0.2) is 0 Å². The van der Waals surface area contributed by atoms with Gasteiger partial charge < -0.3 is 11.2 Å². The van der Waals surface area contributed by atoms with Crippen molar-refractivity contribution in [3.63, 3.8) is 0 Å². The minimum absolute atomic E-state index is 0.192. The third-order valence-electron chi connectivity index (χ3n) is 1.49. The van der Waals surface area contributed by atoms with Crippen LogP contribution in [0.2, 0.25) is 0 Å². The molecule has 5 heteroatoms. The highest BCUT2D eigenvalue weighted by atomic mass is 35.5. The second-order valence-electron chi connectivity index (χ2n) is 2.29. The molecule has 3 nitrogen and oxygen atoms in total. The summed E-state index contributed by atoms with van der Waals surface area (Å²) in [5.41, 5.74) is 9.30. The van der Waals surface area contributed by atoms with E-state index in [-0.39, 0.29) is 5.38 Å². The molecular weight excluding hydrogens is 185 g/mol. The molecule has 1 unspecified atom stereocenters. The molecule has 1 rings (SSSR count). The second kappa shape index (κ2) is 3.34. The van der Waals surface area contributed by atoms with Crippen LogP contribution in [0.3, 0.4) is 0 Å². The predicted octanol–water partition coefficient (Wildman–Crippen LogP) is 0.754. The zero-order valence-electron chi connectivity index (χ0n) is 5.77. The van der Waals surface area contributed by atoms with Crippen LogP contribution in [0.1, 0.15) is 6.42 Å². The lowest BCUT2D eigenvalue weighted by Crippen LogP contribution is -2.30. The zero-order valence-corrected chi connectivity index (χ0v) is 7.28. The second-order valence-corrected chi connectivity index (χ2v) is 3.22. The van der Waals surface area contributed by atoms with Gasteiger partial charge in [-0.2, -0.15) is 0 Å². The van der Waals surface area contributed by atoms with Crippen molar-refractivity contribution >= 4 is 23.2 Å². The van der Waals surface area contributed by atoms with Crippen molar-refractivity contribution in [2.24, 2.45) is 11.6 Å². The van der Waals surface area contributed by atoms with E-state index in [9.17, 15) is 0 Å². The van der Waals surface area contributed by atoms with Gasteiger partial charge in [-0.15, -0.1) is 11.6 Å². The molecule has 0 aromatic rings. The van der Waals surface area contributed by atoms with E-state index in [1.807, 2.05) is 0 Å². The molecule has 0 amide bonds. The molecule has 1 aliphatic rings. The van der Waals surface area contributed by atoms with E-state index in [4.69, 9.17) is 34.8 Å². The van der Waals surface area contributed by atoms with Gasteiger partial charge in [0.15, 0.2) is 0 Å². The fourth-order valence-corrected chi connectivity index (χ4v) is 1.34. The highest BCUT2D eigenvalue weighted by Gasteiger charge is 2.17. The highest BCUT2D eigenvalue weighted by molar-refractivity contribution is 6.32. The van der Waals surface area contributed by atoms with Gasteiger partial charge in [0.05, 0.1) is 10.4 Å². The Balaban J connectivity index is 2.87. The van der Waals surface area contributed by atoms with Crippen LogP contribution < -0.4 is 17.0 Å². The molecule has 11 heavy (non-hydrogen) atoms. The largest absolute Gasteiger partial charge is 0.401 e. The maximum atomic E-state index is 5.86. The first-order chi connectivity index (χ1) is 5.15. The maximum Gasteiger partial charge on any atom is 0.0800 e. The van der Waals surface area contributed by atoms with Crippen molar-refractivity contribution in [1.82, 2.24) is 5.43 Å². The first-order valence-corrected chi connectivity index (χ1v) is 3.93. The zero-order chi connectivity index (χ0) is 8.43. The number of hydrogen-bond acceptors (Lipinski definition) is 3. The Labute approximate surface area is 75.0 Å². The molecule has 5 N–H and O–H groups in total. The molecule has 0 aromatic carbocycles. The van der Waals surface area contributed by atoms with Gasteiger partial charge in [0, 0.05) is 17.8 Å².